The second-order valence-corrected chi connectivity index (χ2v) is 11.5. The number of aromatic hydroxyl groups is 1. The summed E-state index contributed by atoms with van der Waals surface area (Å²) in [6.45, 7) is 13.4. The lowest BCUT2D eigenvalue weighted by molar-refractivity contribution is -0.246. The van der Waals surface area contributed by atoms with Crippen molar-refractivity contribution in [2.24, 2.45) is 5.92 Å². The van der Waals surface area contributed by atoms with Crippen molar-refractivity contribution in [1.82, 2.24) is 0 Å². The molecule has 0 amide bonds. The standard InChI is InChI=1S/C27H39O7P/c1-7-9-20-15-23(28)25(22-14-19(6)10-11-21(22)17(2)3)24(16-20)32-26(29)27(12-8-13-27)34-35(30,31)33-18(4)5/h14-16,18,21-22,28H,2,7-13H2,1,3-6H3,(H,30,31)/p-1/t21-,22+/m0/s1. The molecule has 194 valence electrons. The number of carbonyl (C=O) groups excluding carboxylic acids is 1. The van der Waals surface area contributed by atoms with Gasteiger partial charge in [-0.25, -0.2) is 4.79 Å². The minimum atomic E-state index is -4.71. The topological polar surface area (TPSA) is 105 Å². The molecule has 1 N–H and O–H groups in total. The van der Waals surface area contributed by atoms with Gasteiger partial charge in [-0.3, -0.25) is 9.09 Å². The van der Waals surface area contributed by atoms with Gasteiger partial charge in [0.2, 0.25) is 0 Å². The first-order chi connectivity index (χ1) is 16.4. The third-order valence-electron chi connectivity index (χ3n) is 6.79. The fraction of sp³-hybridized carbons (Fsp3) is 0.593. The van der Waals surface area contributed by atoms with Crippen molar-refractivity contribution in [1.29, 1.82) is 0 Å². The highest BCUT2D eigenvalue weighted by atomic mass is 31.2. The zero-order valence-corrected chi connectivity index (χ0v) is 22.4. The summed E-state index contributed by atoms with van der Waals surface area (Å²) in [4.78, 5) is 25.8. The van der Waals surface area contributed by atoms with Crippen LogP contribution in [0.2, 0.25) is 0 Å². The third-order valence-corrected chi connectivity index (χ3v) is 8.05. The van der Waals surface area contributed by atoms with Crippen LogP contribution in [0, 0.1) is 5.92 Å². The molecule has 0 radical (unpaired) electrons. The first-order valence-electron chi connectivity index (χ1n) is 12.5. The van der Waals surface area contributed by atoms with Gasteiger partial charge < -0.3 is 19.3 Å². The highest BCUT2D eigenvalue weighted by Gasteiger charge is 2.50. The maximum atomic E-state index is 13.4. The van der Waals surface area contributed by atoms with Crippen LogP contribution in [-0.4, -0.2) is 22.8 Å². The van der Waals surface area contributed by atoms with E-state index >= 15 is 0 Å². The molecule has 0 spiro atoms. The number of rotatable bonds is 10. The van der Waals surface area contributed by atoms with Crippen molar-refractivity contribution in [3.05, 3.63) is 47.1 Å². The highest BCUT2D eigenvalue weighted by Crippen LogP contribution is 2.52. The number of phenolic OH excluding ortho intramolecular Hbond substituents is 1. The molecule has 1 fully saturated rings. The quantitative estimate of drug-likeness (QED) is 0.177. The van der Waals surface area contributed by atoms with E-state index in [2.05, 4.69) is 12.7 Å². The van der Waals surface area contributed by atoms with Crippen molar-refractivity contribution in [2.75, 3.05) is 0 Å². The maximum absolute atomic E-state index is 13.4. The Labute approximate surface area is 208 Å². The second-order valence-electron chi connectivity index (χ2n) is 10.2. The van der Waals surface area contributed by atoms with Crippen LogP contribution >= 0.6 is 7.82 Å². The number of phenols is 1. The van der Waals surface area contributed by atoms with Crippen LogP contribution in [0.5, 0.6) is 11.5 Å². The van der Waals surface area contributed by atoms with E-state index in [0.717, 1.165) is 30.4 Å². The number of hydrogen-bond acceptors (Lipinski definition) is 7. The maximum Gasteiger partial charge on any atom is 0.344 e. The number of hydrogen-bond donors (Lipinski definition) is 1. The lowest BCUT2D eigenvalue weighted by Gasteiger charge is -2.42. The SMILES string of the molecule is C=C(C)[C@@H]1CCC(C)=C[C@H]1c1c(O)cc(CCC)cc1OC(=O)C1(OP(=O)([O-])OC(C)C)CCC1. The fourth-order valence-corrected chi connectivity index (χ4v) is 6.19. The van der Waals surface area contributed by atoms with Crippen LogP contribution in [0.15, 0.2) is 35.9 Å². The van der Waals surface area contributed by atoms with Gasteiger partial charge in [-0.1, -0.05) is 37.1 Å². The van der Waals surface area contributed by atoms with Gasteiger partial charge in [-0.05, 0) is 89.8 Å². The number of aryl methyl sites for hydroxylation is 1. The summed E-state index contributed by atoms with van der Waals surface area (Å²) in [6.07, 6.45) is 5.91. The van der Waals surface area contributed by atoms with E-state index < -0.39 is 25.5 Å². The number of esters is 1. The van der Waals surface area contributed by atoms with E-state index in [1.807, 2.05) is 20.8 Å². The van der Waals surface area contributed by atoms with E-state index in [-0.39, 0.29) is 36.2 Å². The van der Waals surface area contributed by atoms with Gasteiger partial charge in [-0.15, -0.1) is 0 Å². The zero-order valence-electron chi connectivity index (χ0n) is 21.5. The van der Waals surface area contributed by atoms with Gasteiger partial charge in [0.15, 0.2) is 5.60 Å². The number of phosphoric acid groups is 1. The normalized spacial score (nSPS) is 23.2. The monoisotopic (exact) mass is 505 g/mol. The Morgan fingerprint density at radius 3 is 2.57 bits per heavy atom. The Morgan fingerprint density at radius 2 is 2.03 bits per heavy atom. The largest absolute Gasteiger partial charge is 0.756 e. The third kappa shape index (κ3) is 6.45. The Bertz CT molecular complexity index is 1040. The number of phosphoric ester groups is 1. The first kappa shape index (κ1) is 27.7. The van der Waals surface area contributed by atoms with E-state index in [4.69, 9.17) is 13.8 Å². The Hall–Kier alpha value is -1.92. The summed E-state index contributed by atoms with van der Waals surface area (Å²) >= 11 is 0. The van der Waals surface area contributed by atoms with Gasteiger partial charge >= 0.3 is 5.97 Å². The smallest absolute Gasteiger partial charge is 0.344 e. The highest BCUT2D eigenvalue weighted by molar-refractivity contribution is 7.46. The molecule has 0 aliphatic heterocycles. The summed E-state index contributed by atoms with van der Waals surface area (Å²) in [5.74, 6) is -0.629. The van der Waals surface area contributed by atoms with E-state index in [0.29, 0.717) is 18.4 Å². The van der Waals surface area contributed by atoms with Crippen LogP contribution < -0.4 is 9.63 Å². The number of benzene rings is 1. The zero-order chi connectivity index (χ0) is 26.0. The molecule has 1 saturated carbocycles. The van der Waals surface area contributed by atoms with Crippen molar-refractivity contribution in [3.63, 3.8) is 0 Å². The van der Waals surface area contributed by atoms with Crippen LogP contribution in [0.25, 0.3) is 0 Å². The Morgan fingerprint density at radius 1 is 1.34 bits per heavy atom. The molecule has 3 rings (SSSR count). The second kappa shape index (κ2) is 11.0. The summed E-state index contributed by atoms with van der Waals surface area (Å²) in [5, 5.41) is 11.1. The molecular formula is C27H38O7P-. The predicted molar refractivity (Wildman–Crippen MR) is 133 cm³/mol. The van der Waals surface area contributed by atoms with E-state index in [1.54, 1.807) is 26.0 Å². The van der Waals surface area contributed by atoms with Gasteiger partial charge in [-0.2, -0.15) is 0 Å². The Balaban J connectivity index is 2.01. The fourth-order valence-electron chi connectivity index (χ4n) is 4.94. The molecule has 1 aromatic rings. The van der Waals surface area contributed by atoms with Gasteiger partial charge in [0.25, 0.3) is 7.82 Å². The predicted octanol–water partition coefficient (Wildman–Crippen LogP) is 6.10. The number of allylic oxidation sites excluding steroid dienone is 3. The van der Waals surface area contributed by atoms with Crippen molar-refractivity contribution in [2.45, 2.75) is 97.2 Å². The van der Waals surface area contributed by atoms with Gasteiger partial charge in [0.1, 0.15) is 11.5 Å². The van der Waals surface area contributed by atoms with Crippen molar-refractivity contribution < 1.29 is 33.1 Å². The molecule has 0 aromatic heterocycles. The molecule has 0 heterocycles. The summed E-state index contributed by atoms with van der Waals surface area (Å²) < 4.78 is 28.5. The van der Waals surface area contributed by atoms with Crippen molar-refractivity contribution in [3.8, 4) is 11.5 Å². The summed E-state index contributed by atoms with van der Waals surface area (Å²) in [7, 11) is -4.71. The van der Waals surface area contributed by atoms with Gasteiger partial charge in [0.05, 0.1) is 6.10 Å². The van der Waals surface area contributed by atoms with Crippen molar-refractivity contribution >= 4 is 13.8 Å². The molecule has 1 unspecified atom stereocenters. The molecule has 1 aromatic carbocycles. The molecule has 0 saturated heterocycles. The van der Waals surface area contributed by atoms with E-state index in [1.165, 1.54) is 5.57 Å². The minimum absolute atomic E-state index is 0.0576. The molecule has 3 atom stereocenters. The van der Waals surface area contributed by atoms with E-state index in [9.17, 15) is 19.4 Å². The lowest BCUT2D eigenvalue weighted by Crippen LogP contribution is -2.50. The van der Waals surface area contributed by atoms with Crippen LogP contribution in [0.4, 0.5) is 0 Å². The van der Waals surface area contributed by atoms with Crippen LogP contribution in [-0.2, 0) is 24.8 Å². The minimum Gasteiger partial charge on any atom is -0.756 e. The summed E-state index contributed by atoms with van der Waals surface area (Å²) in [6, 6.07) is 3.50. The lowest BCUT2D eigenvalue weighted by atomic mass is 9.73. The summed E-state index contributed by atoms with van der Waals surface area (Å²) in [5.41, 5.74) is 1.92. The molecule has 2 aliphatic rings. The number of carbonyl (C=O) groups is 1. The first-order valence-corrected chi connectivity index (χ1v) is 13.9. The average Bonchev–Trinajstić information content (AvgIpc) is 2.69. The van der Waals surface area contributed by atoms with Crippen LogP contribution in [0.1, 0.15) is 90.2 Å². The molecule has 2 aliphatic carbocycles. The molecule has 0 bridgehead atoms. The molecule has 35 heavy (non-hydrogen) atoms. The van der Waals surface area contributed by atoms with Gasteiger partial charge in [0, 0.05) is 11.5 Å². The molecular weight excluding hydrogens is 467 g/mol. The van der Waals surface area contributed by atoms with Crippen LogP contribution in [0.3, 0.4) is 0 Å². The number of ether oxygens (including phenoxy) is 1. The molecule has 8 heteroatoms. The Kier molecular flexibility index (Phi) is 8.69. The average molecular weight is 506 g/mol. The molecule has 7 nitrogen and oxygen atoms in total.